The van der Waals surface area contributed by atoms with E-state index in [0.29, 0.717) is 23.7 Å². The summed E-state index contributed by atoms with van der Waals surface area (Å²) in [5, 5.41) is 0. The maximum Gasteiger partial charge on any atom is 0.119 e. The third-order valence-electron chi connectivity index (χ3n) is 18.5. The molecule has 0 N–H and O–H groups in total. The molecule has 0 aliphatic rings. The van der Waals surface area contributed by atoms with E-state index in [1.54, 1.807) is 0 Å². The van der Waals surface area contributed by atoms with Gasteiger partial charge in [-0.3, -0.25) is 4.98 Å². The Morgan fingerprint density at radius 2 is 0.500 bits per heavy atom. The zero-order chi connectivity index (χ0) is 62.9. The lowest BCUT2D eigenvalue weighted by Crippen LogP contribution is -2.11. The Morgan fingerprint density at radius 3 is 0.767 bits per heavy atom. The standard InChI is InChI=1S/C85H101NO4/c1-9-17-23-62(13-5)58-87-81-40-31-66(32-41-81)75-51-76(67-33-42-82(43-34-67)88-59-63(14-6)24-18-10-2)54-79(53-75)71-28-21-27-70(49-71)74-39-48-85(86-57-74)73-30-22-29-72(50-73)80-55-77(68-35-44-83(45-36-68)89-60-64(15-7)25-19-11-3)52-78(56-80)69-37-46-84(47-38-69)90-61-65(16-8)26-20-12-4/h21-22,27-57,62-65H,9-20,23-26,58-61H2,1-8H3. The van der Waals surface area contributed by atoms with Gasteiger partial charge >= 0.3 is 0 Å². The summed E-state index contributed by atoms with van der Waals surface area (Å²) in [6.07, 6.45) is 21.2. The van der Waals surface area contributed by atoms with Crippen LogP contribution in [0, 0.1) is 23.7 Å². The minimum absolute atomic E-state index is 0.574. The number of hydrogen-bond donors (Lipinski definition) is 0. The number of nitrogens with zero attached hydrogens (tertiary/aromatic N) is 1. The fourth-order valence-corrected chi connectivity index (χ4v) is 12.2. The molecule has 0 spiro atoms. The van der Waals surface area contributed by atoms with E-state index in [2.05, 4.69) is 250 Å². The lowest BCUT2D eigenvalue weighted by atomic mass is 9.92. The number of pyridine rings is 1. The second-order valence-corrected chi connectivity index (χ2v) is 25.2. The van der Waals surface area contributed by atoms with Crippen molar-refractivity contribution in [1.82, 2.24) is 4.98 Å². The first-order valence-corrected chi connectivity index (χ1v) is 34.6. The van der Waals surface area contributed by atoms with E-state index in [9.17, 15) is 0 Å². The van der Waals surface area contributed by atoms with E-state index in [0.717, 1.165) is 164 Å². The van der Waals surface area contributed by atoms with Crippen LogP contribution in [0.2, 0.25) is 0 Å². The average molecular weight is 1200 g/mol. The lowest BCUT2D eigenvalue weighted by Gasteiger charge is -2.17. The Kier molecular flexibility index (Phi) is 25.8. The Balaban J connectivity index is 0.980. The van der Waals surface area contributed by atoms with E-state index >= 15 is 0 Å². The van der Waals surface area contributed by atoms with Gasteiger partial charge in [0.15, 0.2) is 0 Å². The van der Waals surface area contributed by atoms with Crippen molar-refractivity contribution in [2.24, 2.45) is 23.7 Å². The fourth-order valence-electron chi connectivity index (χ4n) is 12.2. The van der Waals surface area contributed by atoms with E-state index < -0.39 is 0 Å². The number of rotatable bonds is 36. The molecule has 470 valence electrons. The van der Waals surface area contributed by atoms with Gasteiger partial charge in [0, 0.05) is 17.3 Å². The second kappa shape index (κ2) is 34.9. The molecule has 0 bridgehead atoms. The maximum absolute atomic E-state index is 6.37. The molecule has 5 nitrogen and oxygen atoms in total. The number of benzene rings is 8. The molecule has 90 heavy (non-hydrogen) atoms. The molecular weight excluding hydrogens is 1100 g/mol. The van der Waals surface area contributed by atoms with E-state index in [4.69, 9.17) is 23.9 Å². The SMILES string of the molecule is CCCCC(CC)COc1ccc(-c2cc(-c3ccc(OCC(CC)CCCC)cc3)cc(-c3cccc(-c4ccc(-c5cccc(-c6cc(-c7ccc(OCC(CC)CCCC)cc7)cc(-c7ccc(OCC(CC)CCCC)cc7)c6)c5)nc4)c3)c2)cc1. The highest BCUT2D eigenvalue weighted by Gasteiger charge is 2.16. The molecule has 0 saturated carbocycles. The zero-order valence-corrected chi connectivity index (χ0v) is 55.6. The molecule has 0 saturated heterocycles. The lowest BCUT2D eigenvalue weighted by molar-refractivity contribution is 0.233. The van der Waals surface area contributed by atoms with Crippen LogP contribution in [0.1, 0.15) is 158 Å². The predicted octanol–water partition coefficient (Wildman–Crippen LogP) is 24.8. The van der Waals surface area contributed by atoms with Crippen LogP contribution in [-0.2, 0) is 0 Å². The van der Waals surface area contributed by atoms with Gasteiger partial charge in [-0.05, 0) is 225 Å². The predicted molar refractivity (Wildman–Crippen MR) is 383 cm³/mol. The first-order chi connectivity index (χ1) is 44.2. The molecule has 4 atom stereocenters. The first-order valence-electron chi connectivity index (χ1n) is 34.6. The number of aromatic nitrogens is 1. The van der Waals surface area contributed by atoms with Crippen molar-refractivity contribution in [3.8, 4) is 112 Å². The largest absolute Gasteiger partial charge is 0.493 e. The topological polar surface area (TPSA) is 49.8 Å². The number of hydrogen-bond acceptors (Lipinski definition) is 5. The smallest absolute Gasteiger partial charge is 0.119 e. The summed E-state index contributed by atoms with van der Waals surface area (Å²) >= 11 is 0. The number of ether oxygens (including phenoxy) is 4. The van der Waals surface area contributed by atoms with Crippen LogP contribution in [0.3, 0.4) is 0 Å². The molecule has 0 fully saturated rings. The third-order valence-corrected chi connectivity index (χ3v) is 18.5. The van der Waals surface area contributed by atoms with Gasteiger partial charge in [0.05, 0.1) is 32.1 Å². The van der Waals surface area contributed by atoms with E-state index in [1.165, 1.54) is 77.0 Å². The van der Waals surface area contributed by atoms with Gasteiger partial charge in [-0.2, -0.15) is 0 Å². The van der Waals surface area contributed by atoms with Crippen molar-refractivity contribution in [2.75, 3.05) is 26.4 Å². The summed E-state index contributed by atoms with van der Waals surface area (Å²) in [6.45, 7) is 21.2. The molecule has 0 aliphatic heterocycles. The summed E-state index contributed by atoms with van der Waals surface area (Å²) in [5.74, 6) is 5.98. The zero-order valence-electron chi connectivity index (χ0n) is 55.6. The molecule has 0 aliphatic carbocycles. The molecule has 1 aromatic heterocycles. The Hall–Kier alpha value is -7.89. The fraction of sp³-hybridized carbons (Fsp3) is 0.376. The van der Waals surface area contributed by atoms with Gasteiger partial charge in [0.25, 0.3) is 0 Å². The molecule has 4 unspecified atom stereocenters. The quantitative estimate of drug-likeness (QED) is 0.0392. The highest BCUT2D eigenvalue weighted by Crippen LogP contribution is 2.39. The van der Waals surface area contributed by atoms with Crippen LogP contribution < -0.4 is 18.9 Å². The Labute approximate surface area is 541 Å². The maximum atomic E-state index is 6.37. The summed E-state index contributed by atoms with van der Waals surface area (Å²) in [7, 11) is 0. The highest BCUT2D eigenvalue weighted by atomic mass is 16.5. The van der Waals surface area contributed by atoms with Gasteiger partial charge in [0.2, 0.25) is 0 Å². The van der Waals surface area contributed by atoms with Crippen LogP contribution in [0.15, 0.2) is 200 Å². The minimum atomic E-state index is 0.574. The number of unbranched alkanes of at least 4 members (excludes halogenated alkanes) is 4. The van der Waals surface area contributed by atoms with Crippen molar-refractivity contribution in [1.29, 1.82) is 0 Å². The molecule has 8 aromatic carbocycles. The summed E-state index contributed by atoms with van der Waals surface area (Å²) in [5.41, 5.74) is 17.9. The minimum Gasteiger partial charge on any atom is -0.493 e. The van der Waals surface area contributed by atoms with E-state index in [-0.39, 0.29) is 0 Å². The molecular formula is C85H101NO4. The second-order valence-electron chi connectivity index (χ2n) is 25.2. The van der Waals surface area contributed by atoms with Gasteiger partial charge in [-0.15, -0.1) is 0 Å². The van der Waals surface area contributed by atoms with Crippen LogP contribution >= 0.6 is 0 Å². The summed E-state index contributed by atoms with van der Waals surface area (Å²) < 4.78 is 25.5. The van der Waals surface area contributed by atoms with Crippen molar-refractivity contribution in [2.45, 2.75) is 158 Å². The summed E-state index contributed by atoms with van der Waals surface area (Å²) in [4.78, 5) is 5.16. The van der Waals surface area contributed by atoms with Crippen molar-refractivity contribution >= 4 is 0 Å². The molecule has 9 aromatic rings. The third kappa shape index (κ3) is 19.1. The van der Waals surface area contributed by atoms with Crippen LogP contribution in [-0.4, -0.2) is 31.4 Å². The van der Waals surface area contributed by atoms with Gasteiger partial charge in [-0.1, -0.05) is 223 Å². The first kappa shape index (κ1) is 66.5. The van der Waals surface area contributed by atoms with Gasteiger partial charge in [-0.25, -0.2) is 0 Å². The summed E-state index contributed by atoms with van der Waals surface area (Å²) in [6, 6.07) is 70.7. The van der Waals surface area contributed by atoms with Crippen LogP contribution in [0.4, 0.5) is 0 Å². The molecule has 5 heteroatoms. The van der Waals surface area contributed by atoms with E-state index in [1.807, 2.05) is 6.20 Å². The van der Waals surface area contributed by atoms with Crippen molar-refractivity contribution in [3.63, 3.8) is 0 Å². The molecule has 0 radical (unpaired) electrons. The van der Waals surface area contributed by atoms with Crippen molar-refractivity contribution < 1.29 is 18.9 Å². The Bertz CT molecular complexity index is 3150. The molecule has 1 heterocycles. The van der Waals surface area contributed by atoms with Crippen LogP contribution in [0.5, 0.6) is 23.0 Å². The average Bonchev–Trinajstić information content (AvgIpc) is 1.08. The molecule has 0 amide bonds. The van der Waals surface area contributed by atoms with Crippen molar-refractivity contribution in [3.05, 3.63) is 200 Å². The van der Waals surface area contributed by atoms with Gasteiger partial charge in [0.1, 0.15) is 23.0 Å². The monoisotopic (exact) mass is 1200 g/mol. The Morgan fingerprint density at radius 1 is 0.256 bits per heavy atom. The highest BCUT2D eigenvalue weighted by molar-refractivity contribution is 5.85. The van der Waals surface area contributed by atoms with Gasteiger partial charge < -0.3 is 18.9 Å². The normalized spacial score (nSPS) is 12.7. The van der Waals surface area contributed by atoms with Crippen LogP contribution in [0.25, 0.3) is 89.1 Å². The molecule has 9 rings (SSSR count).